The fourth-order valence-corrected chi connectivity index (χ4v) is 2.58. The number of nitrogens with zero attached hydrogens (tertiary/aromatic N) is 1. The van der Waals surface area contributed by atoms with Crippen LogP contribution in [0.5, 0.6) is 0 Å². The van der Waals surface area contributed by atoms with Crippen molar-refractivity contribution in [3.63, 3.8) is 0 Å². The van der Waals surface area contributed by atoms with Crippen LogP contribution in [-0.4, -0.2) is 24.0 Å². The quantitative estimate of drug-likeness (QED) is 0.738. The first-order chi connectivity index (χ1) is 9.74. The first-order valence-corrected chi connectivity index (χ1v) is 7.72. The molecule has 1 heterocycles. The second kappa shape index (κ2) is 6.03. The number of rotatable bonds is 8. The van der Waals surface area contributed by atoms with Gasteiger partial charge in [0.25, 0.3) is 0 Å². The Morgan fingerprint density at radius 2 is 2.20 bits per heavy atom. The number of hydrogen-bond donors (Lipinski definition) is 1. The lowest BCUT2D eigenvalue weighted by Gasteiger charge is -2.18. The average Bonchev–Trinajstić information content (AvgIpc) is 3.31. The fraction of sp³-hybridized carbons (Fsp3) is 0.647. The van der Waals surface area contributed by atoms with Crippen molar-refractivity contribution in [2.75, 3.05) is 13.1 Å². The van der Waals surface area contributed by atoms with Gasteiger partial charge in [-0.15, -0.1) is 6.42 Å². The molecule has 3 nitrogen and oxygen atoms in total. The number of furan rings is 1. The number of hydrogen-bond acceptors (Lipinski definition) is 3. The Bertz CT molecular complexity index is 492. The van der Waals surface area contributed by atoms with Gasteiger partial charge in [-0.1, -0.05) is 5.92 Å². The van der Waals surface area contributed by atoms with E-state index in [0.717, 1.165) is 49.7 Å². The molecule has 0 amide bonds. The van der Waals surface area contributed by atoms with Gasteiger partial charge >= 0.3 is 0 Å². The third kappa shape index (κ3) is 3.88. The molecule has 0 unspecified atom stereocenters. The standard InChI is InChI=1S/C17H24N2O/c1-3-8-19(11-14-4-5-14)12-15-9-17(20-13(15)2)10-18-16-6-7-16/h1,9,14,16,18H,4-8,10-12H2,2H3. The van der Waals surface area contributed by atoms with Gasteiger partial charge in [0.05, 0.1) is 13.1 Å². The van der Waals surface area contributed by atoms with Crippen LogP contribution in [0, 0.1) is 25.2 Å². The largest absolute Gasteiger partial charge is 0.465 e. The molecule has 2 fully saturated rings. The summed E-state index contributed by atoms with van der Waals surface area (Å²) in [7, 11) is 0. The Morgan fingerprint density at radius 3 is 2.85 bits per heavy atom. The lowest BCUT2D eigenvalue weighted by molar-refractivity contribution is 0.284. The maximum atomic E-state index is 5.85. The molecule has 0 radical (unpaired) electrons. The maximum absolute atomic E-state index is 5.85. The van der Waals surface area contributed by atoms with Crippen LogP contribution in [0.25, 0.3) is 0 Å². The molecule has 0 saturated heterocycles. The highest BCUT2D eigenvalue weighted by molar-refractivity contribution is 5.21. The van der Waals surface area contributed by atoms with Crippen molar-refractivity contribution in [2.45, 2.75) is 51.7 Å². The summed E-state index contributed by atoms with van der Waals surface area (Å²) in [6.45, 7) is 5.69. The molecule has 0 aromatic carbocycles. The van der Waals surface area contributed by atoms with Gasteiger partial charge in [-0.25, -0.2) is 0 Å². The molecule has 2 saturated carbocycles. The van der Waals surface area contributed by atoms with Gasteiger partial charge in [0.15, 0.2) is 0 Å². The van der Waals surface area contributed by atoms with E-state index in [-0.39, 0.29) is 0 Å². The summed E-state index contributed by atoms with van der Waals surface area (Å²) in [4.78, 5) is 2.37. The van der Waals surface area contributed by atoms with Crippen molar-refractivity contribution in [3.8, 4) is 12.3 Å². The molecule has 1 N–H and O–H groups in total. The molecule has 108 valence electrons. The molecule has 3 rings (SSSR count). The van der Waals surface area contributed by atoms with Crippen LogP contribution in [0.15, 0.2) is 10.5 Å². The molecule has 20 heavy (non-hydrogen) atoms. The van der Waals surface area contributed by atoms with Gasteiger partial charge in [0.1, 0.15) is 11.5 Å². The van der Waals surface area contributed by atoms with E-state index in [1.807, 2.05) is 0 Å². The zero-order valence-electron chi connectivity index (χ0n) is 12.3. The smallest absolute Gasteiger partial charge is 0.118 e. The van der Waals surface area contributed by atoms with Crippen molar-refractivity contribution < 1.29 is 4.42 Å². The maximum Gasteiger partial charge on any atom is 0.118 e. The SMILES string of the molecule is C#CCN(Cc1cc(CNC2CC2)oc1C)CC1CC1. The molecular formula is C17H24N2O. The van der Waals surface area contributed by atoms with Crippen LogP contribution in [-0.2, 0) is 13.1 Å². The highest BCUT2D eigenvalue weighted by atomic mass is 16.3. The van der Waals surface area contributed by atoms with Gasteiger partial charge < -0.3 is 9.73 Å². The Morgan fingerprint density at radius 1 is 1.40 bits per heavy atom. The summed E-state index contributed by atoms with van der Waals surface area (Å²) in [5, 5.41) is 3.49. The van der Waals surface area contributed by atoms with E-state index in [2.05, 4.69) is 29.1 Å². The van der Waals surface area contributed by atoms with Crippen LogP contribution in [0.2, 0.25) is 0 Å². The Labute approximate surface area is 121 Å². The zero-order valence-corrected chi connectivity index (χ0v) is 12.3. The predicted molar refractivity (Wildman–Crippen MR) is 80.1 cm³/mol. The molecule has 0 aliphatic heterocycles. The summed E-state index contributed by atoms with van der Waals surface area (Å²) in [5.74, 6) is 5.74. The molecule has 0 bridgehead atoms. The fourth-order valence-electron chi connectivity index (χ4n) is 2.58. The predicted octanol–water partition coefficient (Wildman–Crippen LogP) is 2.69. The first kappa shape index (κ1) is 13.7. The third-order valence-electron chi connectivity index (χ3n) is 4.14. The number of aryl methyl sites for hydroxylation is 1. The van der Waals surface area contributed by atoms with E-state index >= 15 is 0 Å². The molecule has 0 atom stereocenters. The molecule has 1 aromatic rings. The summed E-state index contributed by atoms with van der Waals surface area (Å²) >= 11 is 0. The minimum Gasteiger partial charge on any atom is -0.465 e. The van der Waals surface area contributed by atoms with E-state index in [1.165, 1.54) is 31.2 Å². The number of terminal acetylenes is 1. The Balaban J connectivity index is 1.57. The van der Waals surface area contributed by atoms with E-state index in [4.69, 9.17) is 10.8 Å². The molecule has 1 aromatic heterocycles. The second-order valence-corrected chi connectivity index (χ2v) is 6.27. The monoisotopic (exact) mass is 272 g/mol. The molecule has 3 heteroatoms. The van der Waals surface area contributed by atoms with E-state index < -0.39 is 0 Å². The van der Waals surface area contributed by atoms with E-state index in [0.29, 0.717) is 0 Å². The third-order valence-corrected chi connectivity index (χ3v) is 4.14. The van der Waals surface area contributed by atoms with Crippen molar-refractivity contribution in [1.82, 2.24) is 10.2 Å². The van der Waals surface area contributed by atoms with Crippen molar-refractivity contribution in [2.24, 2.45) is 5.92 Å². The molecule has 0 spiro atoms. The Kier molecular flexibility index (Phi) is 4.14. The minimum absolute atomic E-state index is 0.719. The zero-order chi connectivity index (χ0) is 13.9. The molecular weight excluding hydrogens is 248 g/mol. The first-order valence-electron chi connectivity index (χ1n) is 7.72. The Hall–Kier alpha value is -1.24. The topological polar surface area (TPSA) is 28.4 Å². The lowest BCUT2D eigenvalue weighted by atomic mass is 10.2. The van der Waals surface area contributed by atoms with Crippen molar-refractivity contribution in [3.05, 3.63) is 23.2 Å². The van der Waals surface area contributed by atoms with E-state index in [1.54, 1.807) is 0 Å². The van der Waals surface area contributed by atoms with Crippen molar-refractivity contribution >= 4 is 0 Å². The van der Waals surface area contributed by atoms with Crippen molar-refractivity contribution in [1.29, 1.82) is 0 Å². The number of nitrogens with one attached hydrogen (secondary N) is 1. The molecule has 2 aliphatic carbocycles. The highest BCUT2D eigenvalue weighted by Crippen LogP contribution is 2.30. The summed E-state index contributed by atoms with van der Waals surface area (Å²) in [6, 6.07) is 2.91. The van der Waals surface area contributed by atoms with Crippen LogP contribution in [0.3, 0.4) is 0 Å². The summed E-state index contributed by atoms with van der Waals surface area (Å²) in [5.41, 5.74) is 1.29. The van der Waals surface area contributed by atoms with Gasteiger partial charge in [0.2, 0.25) is 0 Å². The minimum atomic E-state index is 0.719. The summed E-state index contributed by atoms with van der Waals surface area (Å²) in [6.07, 6.45) is 10.8. The highest BCUT2D eigenvalue weighted by Gasteiger charge is 2.25. The van der Waals surface area contributed by atoms with E-state index in [9.17, 15) is 0 Å². The van der Waals surface area contributed by atoms with Crippen LogP contribution in [0.4, 0.5) is 0 Å². The molecule has 2 aliphatic rings. The summed E-state index contributed by atoms with van der Waals surface area (Å²) < 4.78 is 5.85. The van der Waals surface area contributed by atoms with Crippen LogP contribution >= 0.6 is 0 Å². The van der Waals surface area contributed by atoms with Gasteiger partial charge in [-0.3, -0.25) is 4.90 Å². The van der Waals surface area contributed by atoms with Crippen LogP contribution in [0.1, 0.15) is 42.8 Å². The van der Waals surface area contributed by atoms with Crippen LogP contribution < -0.4 is 5.32 Å². The lowest BCUT2D eigenvalue weighted by Crippen LogP contribution is -2.26. The van der Waals surface area contributed by atoms with Gasteiger partial charge in [-0.2, -0.15) is 0 Å². The van der Waals surface area contributed by atoms with Gasteiger partial charge in [0, 0.05) is 24.7 Å². The normalized spacial score (nSPS) is 18.4. The van der Waals surface area contributed by atoms with Gasteiger partial charge in [-0.05, 0) is 44.6 Å². The second-order valence-electron chi connectivity index (χ2n) is 6.27. The average molecular weight is 272 g/mol.